The zero-order chi connectivity index (χ0) is 34.7. The number of nitrogens with zero attached hydrogens (tertiary/aromatic N) is 2. The van der Waals surface area contributed by atoms with E-state index in [-0.39, 0.29) is 33.7 Å². The van der Waals surface area contributed by atoms with Crippen molar-refractivity contribution >= 4 is 45.2 Å². The molecule has 12 heteroatoms. The number of rotatable bonds is 11. The number of hydrogen-bond donors (Lipinski definition) is 3. The Morgan fingerprint density at radius 3 is 2.20 bits per heavy atom. The minimum atomic E-state index is -0.715. The van der Waals surface area contributed by atoms with Crippen LogP contribution in [0.3, 0.4) is 0 Å². The number of fused-ring (bicyclic) bond motifs is 2. The number of carbonyl (C=O) groups excluding carboxylic acids is 2. The topological polar surface area (TPSA) is 146 Å². The van der Waals surface area contributed by atoms with Crippen LogP contribution in [0.15, 0.2) is 98.9 Å². The number of amides is 2. The quantitative estimate of drug-likeness (QED) is 0.167. The summed E-state index contributed by atoms with van der Waals surface area (Å²) in [5.74, 6) is -0.845. The van der Waals surface area contributed by atoms with Crippen molar-refractivity contribution in [3.8, 4) is 11.5 Å². The fourth-order valence-electron chi connectivity index (χ4n) is 5.65. The van der Waals surface area contributed by atoms with Crippen LogP contribution < -0.4 is 36.5 Å². The van der Waals surface area contributed by atoms with Gasteiger partial charge in [-0.1, -0.05) is 30.3 Å². The van der Waals surface area contributed by atoms with Gasteiger partial charge in [-0.15, -0.1) is 0 Å². The molecule has 0 bridgehead atoms. The molecular weight excluding hydrogens is 626 g/mol. The monoisotopic (exact) mass is 661 g/mol. The van der Waals surface area contributed by atoms with Gasteiger partial charge in [0, 0.05) is 38.5 Å². The Kier molecular flexibility index (Phi) is 9.31. The van der Waals surface area contributed by atoms with Gasteiger partial charge >= 0.3 is 5.69 Å². The fraction of sp³-hybridized carbons (Fsp3) is 0.189. The Bertz CT molecular complexity index is 2320. The van der Waals surface area contributed by atoms with Crippen molar-refractivity contribution in [2.75, 3.05) is 31.4 Å². The molecule has 2 aromatic heterocycles. The zero-order valence-electron chi connectivity index (χ0n) is 27.5. The van der Waals surface area contributed by atoms with Crippen molar-refractivity contribution in [2.24, 2.45) is 14.1 Å². The number of aryl methyl sites for hydroxylation is 2. The zero-order valence-corrected chi connectivity index (χ0v) is 27.5. The van der Waals surface area contributed by atoms with Gasteiger partial charge < -0.3 is 29.8 Å². The van der Waals surface area contributed by atoms with Crippen LogP contribution in [0.5, 0.6) is 11.5 Å². The predicted octanol–water partition coefficient (Wildman–Crippen LogP) is 4.84. The van der Waals surface area contributed by atoms with Crippen LogP contribution in [0.2, 0.25) is 0 Å². The summed E-state index contributed by atoms with van der Waals surface area (Å²) in [6.45, 7) is 1.38. The van der Waals surface area contributed by atoms with Gasteiger partial charge in [0.15, 0.2) is 22.7 Å². The molecule has 2 amide bonds. The molecule has 3 N–H and O–H groups in total. The maximum absolute atomic E-state index is 13.5. The molecule has 2 heterocycles. The summed E-state index contributed by atoms with van der Waals surface area (Å²) < 4.78 is 19.8. The molecule has 0 unspecified atom stereocenters. The molecular formula is C37H35N5O7. The number of carbonyl (C=O) groups is 2. The number of para-hydroxylation sites is 1. The second kappa shape index (κ2) is 13.9. The predicted molar refractivity (Wildman–Crippen MR) is 188 cm³/mol. The third-order valence-corrected chi connectivity index (χ3v) is 8.34. The van der Waals surface area contributed by atoms with Gasteiger partial charge in [0.05, 0.1) is 41.9 Å². The first-order chi connectivity index (χ1) is 23.7. The summed E-state index contributed by atoms with van der Waals surface area (Å²) in [6, 6.07) is 24.2. The third-order valence-electron chi connectivity index (χ3n) is 8.34. The highest BCUT2D eigenvalue weighted by Gasteiger charge is 2.21. The number of anilines is 2. The van der Waals surface area contributed by atoms with E-state index in [1.807, 2.05) is 30.3 Å². The molecule has 0 radical (unpaired) electrons. The van der Waals surface area contributed by atoms with Crippen molar-refractivity contribution in [1.82, 2.24) is 14.5 Å². The van der Waals surface area contributed by atoms with Crippen LogP contribution in [0.4, 0.5) is 11.4 Å². The molecule has 49 heavy (non-hydrogen) atoms. The summed E-state index contributed by atoms with van der Waals surface area (Å²) in [6.07, 6.45) is 0.761. The van der Waals surface area contributed by atoms with Crippen molar-refractivity contribution < 1.29 is 23.5 Å². The molecule has 250 valence electrons. The lowest BCUT2D eigenvalue weighted by Crippen LogP contribution is -2.20. The average Bonchev–Trinajstić information content (AvgIpc) is 3.33. The Morgan fingerprint density at radius 2 is 1.45 bits per heavy atom. The summed E-state index contributed by atoms with van der Waals surface area (Å²) in [4.78, 5) is 51.6. The van der Waals surface area contributed by atoms with Gasteiger partial charge in [-0.25, -0.2) is 4.79 Å². The maximum atomic E-state index is 13.5. The standard InChI is InChI=1S/C37H35N5O7/c1-41-28-14-11-23(17-29(28)42(2)37(41)46)21-38-16-15-22-9-12-24(13-10-22)39-35(44)26-18-32(47-3)33(48-4)19-27(26)40-36(45)34-20-30(43)25-7-5-6-8-31(25)49-34/h5-14,17-20,38H,15-16,21H2,1-4H3,(H,39,44)(H,40,45). The Labute approximate surface area is 280 Å². The number of methoxy groups -OCH3 is 2. The van der Waals surface area contributed by atoms with Crippen LogP contribution in [0.1, 0.15) is 32.0 Å². The molecule has 6 rings (SSSR count). The first-order valence-electron chi connectivity index (χ1n) is 15.5. The number of imidazole rings is 1. The Hall–Kier alpha value is -6.14. The van der Waals surface area contributed by atoms with Crippen LogP contribution in [-0.2, 0) is 27.1 Å². The summed E-state index contributed by atoms with van der Waals surface area (Å²) in [7, 11) is 6.42. The highest BCUT2D eigenvalue weighted by molar-refractivity contribution is 6.12. The molecule has 0 aliphatic rings. The van der Waals surface area contributed by atoms with Crippen molar-refractivity contribution in [3.05, 3.63) is 128 Å². The SMILES string of the molecule is COc1cc(NC(=O)c2cc(=O)c3ccccc3o2)c(C(=O)Nc2ccc(CCNCc3ccc4c(c3)n(C)c(=O)n4C)cc2)cc1OC. The highest BCUT2D eigenvalue weighted by Crippen LogP contribution is 2.34. The lowest BCUT2D eigenvalue weighted by molar-refractivity contribution is 0.0997. The van der Waals surface area contributed by atoms with E-state index in [1.54, 1.807) is 59.6 Å². The maximum Gasteiger partial charge on any atom is 0.328 e. The van der Waals surface area contributed by atoms with Crippen molar-refractivity contribution in [3.63, 3.8) is 0 Å². The lowest BCUT2D eigenvalue weighted by Gasteiger charge is -2.16. The number of ether oxygens (including phenoxy) is 2. The smallest absolute Gasteiger partial charge is 0.328 e. The van der Waals surface area contributed by atoms with E-state index >= 15 is 0 Å². The molecule has 0 atom stereocenters. The molecule has 4 aromatic carbocycles. The number of aromatic nitrogens is 2. The Morgan fingerprint density at radius 1 is 0.755 bits per heavy atom. The largest absolute Gasteiger partial charge is 0.493 e. The van der Waals surface area contributed by atoms with Crippen molar-refractivity contribution in [2.45, 2.75) is 13.0 Å². The van der Waals surface area contributed by atoms with Crippen LogP contribution >= 0.6 is 0 Å². The minimum absolute atomic E-state index is 0.0520. The molecule has 0 saturated heterocycles. The normalized spacial score (nSPS) is 11.1. The first-order valence-corrected chi connectivity index (χ1v) is 15.5. The fourth-order valence-corrected chi connectivity index (χ4v) is 5.65. The number of hydrogen-bond acceptors (Lipinski definition) is 8. The lowest BCUT2D eigenvalue weighted by atomic mass is 10.1. The minimum Gasteiger partial charge on any atom is -0.493 e. The van der Waals surface area contributed by atoms with Gasteiger partial charge in [0.1, 0.15) is 5.58 Å². The van der Waals surface area contributed by atoms with Crippen LogP contribution in [0.25, 0.3) is 22.0 Å². The van der Waals surface area contributed by atoms with E-state index in [0.717, 1.165) is 41.2 Å². The second-order valence-electron chi connectivity index (χ2n) is 11.5. The van der Waals surface area contributed by atoms with Gasteiger partial charge in [-0.3, -0.25) is 23.5 Å². The Balaban J connectivity index is 1.11. The molecule has 12 nitrogen and oxygen atoms in total. The summed E-state index contributed by atoms with van der Waals surface area (Å²) >= 11 is 0. The second-order valence-corrected chi connectivity index (χ2v) is 11.5. The first kappa shape index (κ1) is 32.8. The van der Waals surface area contributed by atoms with Crippen molar-refractivity contribution in [1.29, 1.82) is 0 Å². The third kappa shape index (κ3) is 6.81. The van der Waals surface area contributed by atoms with Gasteiger partial charge in [0.2, 0.25) is 0 Å². The van der Waals surface area contributed by atoms with Gasteiger partial charge in [0.25, 0.3) is 11.8 Å². The van der Waals surface area contributed by atoms with E-state index in [1.165, 1.54) is 26.4 Å². The number of nitrogens with one attached hydrogen (secondary N) is 3. The van der Waals surface area contributed by atoms with E-state index in [4.69, 9.17) is 13.9 Å². The molecule has 0 saturated carbocycles. The molecule has 0 aliphatic carbocycles. The average molecular weight is 662 g/mol. The van der Waals surface area contributed by atoms with Crippen LogP contribution in [-0.4, -0.2) is 41.7 Å². The summed E-state index contributed by atoms with van der Waals surface area (Å²) in [5.41, 5.74) is 4.58. The summed E-state index contributed by atoms with van der Waals surface area (Å²) in [5, 5.41) is 9.35. The van der Waals surface area contributed by atoms with E-state index in [0.29, 0.717) is 29.1 Å². The molecule has 0 aliphatic heterocycles. The highest BCUT2D eigenvalue weighted by atomic mass is 16.5. The van der Waals surface area contributed by atoms with Crippen LogP contribution in [0, 0.1) is 0 Å². The van der Waals surface area contributed by atoms with Gasteiger partial charge in [-0.2, -0.15) is 0 Å². The van der Waals surface area contributed by atoms with E-state index in [9.17, 15) is 19.2 Å². The van der Waals surface area contributed by atoms with Gasteiger partial charge in [-0.05, 0) is 66.6 Å². The van der Waals surface area contributed by atoms with E-state index in [2.05, 4.69) is 16.0 Å². The molecule has 0 fully saturated rings. The van der Waals surface area contributed by atoms with E-state index < -0.39 is 11.8 Å². The number of benzene rings is 4. The molecule has 6 aromatic rings. The molecule has 0 spiro atoms.